The Labute approximate surface area is 137 Å². The third kappa shape index (κ3) is 3.89. The molecule has 0 aliphatic heterocycles. The zero-order valence-electron chi connectivity index (χ0n) is 14.3. The Kier molecular flexibility index (Phi) is 5.37. The van der Waals surface area contributed by atoms with Gasteiger partial charge in [0, 0.05) is 24.8 Å². The van der Waals surface area contributed by atoms with Crippen molar-refractivity contribution < 1.29 is 9.90 Å². The fourth-order valence-electron chi connectivity index (χ4n) is 2.69. The molecule has 122 valence electrons. The Hall–Kier alpha value is -2.36. The van der Waals surface area contributed by atoms with Crippen LogP contribution in [0.4, 0.5) is 5.82 Å². The van der Waals surface area contributed by atoms with Gasteiger partial charge in [0.15, 0.2) is 0 Å². The van der Waals surface area contributed by atoms with Crippen LogP contribution in [0, 0.1) is 13.8 Å². The number of unbranched alkanes of at least 4 members (excludes halogenated alkanes) is 1. The molecule has 1 aromatic heterocycles. The average molecular weight is 312 g/mol. The van der Waals surface area contributed by atoms with E-state index in [0.717, 1.165) is 41.8 Å². The van der Waals surface area contributed by atoms with E-state index >= 15 is 0 Å². The Balaban J connectivity index is 2.62. The summed E-state index contributed by atoms with van der Waals surface area (Å²) in [6.45, 7) is 6.82. The van der Waals surface area contributed by atoms with Crippen molar-refractivity contribution >= 4 is 11.8 Å². The Morgan fingerprint density at radius 2 is 2.00 bits per heavy atom. The van der Waals surface area contributed by atoms with E-state index in [1.165, 1.54) is 0 Å². The second-order valence-electron chi connectivity index (χ2n) is 5.96. The summed E-state index contributed by atoms with van der Waals surface area (Å²) in [5.74, 6) is -0.394. The summed E-state index contributed by atoms with van der Waals surface area (Å²) in [5, 5.41) is 9.78. The van der Waals surface area contributed by atoms with E-state index in [4.69, 9.17) is 0 Å². The summed E-state index contributed by atoms with van der Waals surface area (Å²) < 4.78 is 0. The zero-order chi connectivity index (χ0) is 17.0. The maximum Gasteiger partial charge on any atom is 0.340 e. The van der Waals surface area contributed by atoms with Gasteiger partial charge in [-0.05, 0) is 31.9 Å². The van der Waals surface area contributed by atoms with Gasteiger partial charge >= 0.3 is 5.97 Å². The van der Waals surface area contributed by atoms with Crippen LogP contribution in [-0.4, -0.2) is 29.7 Å². The van der Waals surface area contributed by atoms with Crippen LogP contribution in [0.1, 0.15) is 41.4 Å². The molecule has 0 atom stereocenters. The number of hydrogen-bond donors (Lipinski definition) is 1. The van der Waals surface area contributed by atoms with Crippen LogP contribution >= 0.6 is 0 Å². The number of pyridine rings is 1. The number of carboxylic acids is 1. The van der Waals surface area contributed by atoms with E-state index in [-0.39, 0.29) is 5.56 Å². The molecule has 1 heterocycles. The first-order chi connectivity index (χ1) is 10.9. The van der Waals surface area contributed by atoms with Crippen molar-refractivity contribution in [3.05, 3.63) is 47.2 Å². The third-order valence-electron chi connectivity index (χ3n) is 3.88. The highest BCUT2D eigenvalue weighted by Gasteiger charge is 2.21. The average Bonchev–Trinajstić information content (AvgIpc) is 2.51. The van der Waals surface area contributed by atoms with Crippen molar-refractivity contribution in [3.63, 3.8) is 0 Å². The number of benzene rings is 1. The predicted molar refractivity (Wildman–Crippen MR) is 94.3 cm³/mol. The van der Waals surface area contributed by atoms with E-state index in [1.54, 1.807) is 0 Å². The molecule has 0 saturated heterocycles. The third-order valence-corrected chi connectivity index (χ3v) is 3.88. The molecule has 2 aromatic rings. The lowest BCUT2D eigenvalue weighted by molar-refractivity contribution is 0.0698. The lowest BCUT2D eigenvalue weighted by atomic mass is 9.98. The summed E-state index contributed by atoms with van der Waals surface area (Å²) in [7, 11) is 1.91. The monoisotopic (exact) mass is 312 g/mol. The molecule has 0 spiro atoms. The highest BCUT2D eigenvalue weighted by molar-refractivity contribution is 6.01. The van der Waals surface area contributed by atoms with Gasteiger partial charge in [-0.3, -0.25) is 0 Å². The summed E-state index contributed by atoms with van der Waals surface area (Å²) >= 11 is 0. The number of aromatic carboxylic acids is 1. The van der Waals surface area contributed by atoms with E-state index in [1.807, 2.05) is 56.1 Å². The van der Waals surface area contributed by atoms with Crippen molar-refractivity contribution in [2.24, 2.45) is 0 Å². The molecular formula is C19H24N2O2. The van der Waals surface area contributed by atoms with Gasteiger partial charge in [0.25, 0.3) is 0 Å². The molecule has 0 unspecified atom stereocenters. The van der Waals surface area contributed by atoms with Crippen LogP contribution in [0.25, 0.3) is 11.1 Å². The SMILES string of the molecule is CCCCN(C)c1nc(C)cc(-c2cccc(C)c2)c1C(=O)O. The minimum atomic E-state index is -0.938. The van der Waals surface area contributed by atoms with Crippen LogP contribution < -0.4 is 4.90 Å². The van der Waals surface area contributed by atoms with E-state index in [0.29, 0.717) is 5.82 Å². The summed E-state index contributed by atoms with van der Waals surface area (Å²) in [6.07, 6.45) is 2.06. The quantitative estimate of drug-likeness (QED) is 0.864. The molecule has 2 rings (SSSR count). The van der Waals surface area contributed by atoms with Crippen LogP contribution in [0.15, 0.2) is 30.3 Å². The number of carbonyl (C=O) groups is 1. The summed E-state index contributed by atoms with van der Waals surface area (Å²) in [6, 6.07) is 9.77. The summed E-state index contributed by atoms with van der Waals surface area (Å²) in [4.78, 5) is 18.4. The number of rotatable bonds is 6. The van der Waals surface area contributed by atoms with Crippen LogP contribution in [0.5, 0.6) is 0 Å². The van der Waals surface area contributed by atoms with E-state index in [9.17, 15) is 9.90 Å². The number of aromatic nitrogens is 1. The number of carboxylic acid groups (broad SMARTS) is 1. The number of nitrogens with zero attached hydrogens (tertiary/aromatic N) is 2. The fraction of sp³-hybridized carbons (Fsp3) is 0.368. The molecule has 4 heteroatoms. The maximum absolute atomic E-state index is 11.9. The van der Waals surface area contributed by atoms with Crippen molar-refractivity contribution in [2.45, 2.75) is 33.6 Å². The van der Waals surface area contributed by atoms with Gasteiger partial charge in [0.1, 0.15) is 11.4 Å². The molecule has 0 amide bonds. The molecule has 23 heavy (non-hydrogen) atoms. The Bertz CT molecular complexity index is 711. The molecule has 0 bridgehead atoms. The Morgan fingerprint density at radius 3 is 2.61 bits per heavy atom. The molecule has 4 nitrogen and oxygen atoms in total. The van der Waals surface area contributed by atoms with Gasteiger partial charge in [-0.1, -0.05) is 43.2 Å². The molecule has 0 aliphatic rings. The molecule has 0 saturated carbocycles. The standard InChI is InChI=1S/C19H24N2O2/c1-5-6-10-21(4)18-17(19(22)23)16(12-14(3)20-18)15-9-7-8-13(2)11-15/h7-9,11-12H,5-6,10H2,1-4H3,(H,22,23). The highest BCUT2D eigenvalue weighted by atomic mass is 16.4. The molecule has 1 aromatic carbocycles. The van der Waals surface area contributed by atoms with Crippen LogP contribution in [0.3, 0.4) is 0 Å². The largest absolute Gasteiger partial charge is 0.478 e. The first kappa shape index (κ1) is 17.0. The lowest BCUT2D eigenvalue weighted by Crippen LogP contribution is -2.23. The van der Waals surface area contributed by atoms with Gasteiger partial charge in [0.05, 0.1) is 0 Å². The topological polar surface area (TPSA) is 53.4 Å². The van der Waals surface area contributed by atoms with Gasteiger partial charge in [-0.2, -0.15) is 0 Å². The molecule has 0 radical (unpaired) electrons. The zero-order valence-corrected chi connectivity index (χ0v) is 14.3. The first-order valence-corrected chi connectivity index (χ1v) is 7.97. The molecule has 0 aliphatic carbocycles. The minimum absolute atomic E-state index is 0.278. The Morgan fingerprint density at radius 1 is 1.26 bits per heavy atom. The second kappa shape index (κ2) is 7.27. The number of aryl methyl sites for hydroxylation is 2. The smallest absolute Gasteiger partial charge is 0.340 e. The van der Waals surface area contributed by atoms with Crippen molar-refractivity contribution in [2.75, 3.05) is 18.5 Å². The van der Waals surface area contributed by atoms with Crippen LogP contribution in [-0.2, 0) is 0 Å². The maximum atomic E-state index is 11.9. The number of hydrogen-bond acceptors (Lipinski definition) is 3. The predicted octanol–water partition coefficient (Wildman–Crippen LogP) is 4.30. The fourth-order valence-corrected chi connectivity index (χ4v) is 2.69. The van der Waals surface area contributed by atoms with Gasteiger partial charge < -0.3 is 10.0 Å². The van der Waals surface area contributed by atoms with Gasteiger partial charge in [0.2, 0.25) is 0 Å². The van der Waals surface area contributed by atoms with Crippen molar-refractivity contribution in [1.82, 2.24) is 4.98 Å². The highest BCUT2D eigenvalue weighted by Crippen LogP contribution is 2.31. The minimum Gasteiger partial charge on any atom is -0.478 e. The normalized spacial score (nSPS) is 10.6. The van der Waals surface area contributed by atoms with E-state index in [2.05, 4.69) is 11.9 Å². The van der Waals surface area contributed by atoms with E-state index < -0.39 is 5.97 Å². The number of anilines is 1. The first-order valence-electron chi connectivity index (χ1n) is 7.97. The van der Waals surface area contributed by atoms with Gasteiger partial charge in [-0.25, -0.2) is 9.78 Å². The van der Waals surface area contributed by atoms with Crippen LogP contribution in [0.2, 0.25) is 0 Å². The van der Waals surface area contributed by atoms with Gasteiger partial charge in [-0.15, -0.1) is 0 Å². The molecular weight excluding hydrogens is 288 g/mol. The molecule has 0 fully saturated rings. The lowest BCUT2D eigenvalue weighted by Gasteiger charge is -2.22. The summed E-state index contributed by atoms with van der Waals surface area (Å²) in [5.41, 5.74) is 3.85. The second-order valence-corrected chi connectivity index (χ2v) is 5.96. The van der Waals surface area contributed by atoms with Crippen molar-refractivity contribution in [3.8, 4) is 11.1 Å². The van der Waals surface area contributed by atoms with Crippen molar-refractivity contribution in [1.29, 1.82) is 0 Å². The molecule has 1 N–H and O–H groups in total.